The second-order valence-corrected chi connectivity index (χ2v) is 2.52. The topological polar surface area (TPSA) is 80.3 Å². The van der Waals surface area contributed by atoms with Gasteiger partial charge in [-0.1, -0.05) is 0 Å². The monoisotopic (exact) mass is 182 g/mol. The van der Waals surface area contributed by atoms with Crippen LogP contribution in [0.3, 0.4) is 0 Å². The standard InChI is InChI=1S/C7H14N6/c1-9-7(12-8)10-5-6-3-4-11-13(6)2/h3-4H,5,8H2,1-2H3,(H2,9,10,12). The molecule has 0 amide bonds. The van der Waals surface area contributed by atoms with E-state index in [1.807, 2.05) is 13.1 Å². The third-order valence-electron chi connectivity index (χ3n) is 1.72. The Labute approximate surface area is 76.8 Å². The van der Waals surface area contributed by atoms with E-state index in [1.165, 1.54) is 0 Å². The maximum Gasteiger partial charge on any atom is 0.205 e. The molecule has 0 saturated heterocycles. The summed E-state index contributed by atoms with van der Waals surface area (Å²) in [5, 5.41) is 7.05. The van der Waals surface area contributed by atoms with Gasteiger partial charge in [0.25, 0.3) is 0 Å². The molecule has 6 nitrogen and oxygen atoms in total. The average molecular weight is 182 g/mol. The molecule has 6 heteroatoms. The number of nitrogens with one attached hydrogen (secondary N) is 2. The number of guanidine groups is 1. The van der Waals surface area contributed by atoms with Crippen molar-refractivity contribution in [2.45, 2.75) is 6.54 Å². The number of aliphatic imine (C=N–C) groups is 1. The molecular formula is C7H14N6. The molecule has 4 N–H and O–H groups in total. The number of aromatic nitrogens is 2. The van der Waals surface area contributed by atoms with E-state index in [4.69, 9.17) is 5.84 Å². The molecule has 1 aromatic rings. The fraction of sp³-hybridized carbons (Fsp3) is 0.429. The van der Waals surface area contributed by atoms with Crippen molar-refractivity contribution in [3.63, 3.8) is 0 Å². The first-order valence-corrected chi connectivity index (χ1v) is 3.92. The van der Waals surface area contributed by atoms with Crippen LogP contribution in [0.5, 0.6) is 0 Å². The second-order valence-electron chi connectivity index (χ2n) is 2.52. The number of aryl methyl sites for hydroxylation is 1. The largest absolute Gasteiger partial charge is 0.350 e. The van der Waals surface area contributed by atoms with E-state index in [2.05, 4.69) is 20.8 Å². The lowest BCUT2D eigenvalue weighted by Crippen LogP contribution is -2.41. The number of hydrogen-bond acceptors (Lipinski definition) is 3. The maximum atomic E-state index is 5.20. The quantitative estimate of drug-likeness (QED) is 0.236. The van der Waals surface area contributed by atoms with Crippen LogP contribution in [0.2, 0.25) is 0 Å². The first-order chi connectivity index (χ1) is 6.27. The summed E-state index contributed by atoms with van der Waals surface area (Å²) < 4.78 is 1.79. The number of nitrogens with zero attached hydrogens (tertiary/aromatic N) is 3. The summed E-state index contributed by atoms with van der Waals surface area (Å²) in [6.45, 7) is 0.646. The molecule has 0 aromatic carbocycles. The Hall–Kier alpha value is -1.56. The third kappa shape index (κ3) is 2.45. The Morgan fingerprint density at radius 1 is 1.77 bits per heavy atom. The highest BCUT2D eigenvalue weighted by atomic mass is 15.3. The van der Waals surface area contributed by atoms with Gasteiger partial charge in [-0.05, 0) is 6.07 Å². The van der Waals surface area contributed by atoms with E-state index in [0.717, 1.165) is 5.69 Å². The van der Waals surface area contributed by atoms with Crippen LogP contribution in [0.15, 0.2) is 17.3 Å². The first-order valence-electron chi connectivity index (χ1n) is 3.92. The molecule has 1 rings (SSSR count). The van der Waals surface area contributed by atoms with Crippen molar-refractivity contribution in [2.24, 2.45) is 17.9 Å². The number of rotatable bonds is 2. The summed E-state index contributed by atoms with van der Waals surface area (Å²) in [5.41, 5.74) is 3.51. The van der Waals surface area contributed by atoms with E-state index in [0.29, 0.717) is 12.5 Å². The Kier molecular flexibility index (Phi) is 3.27. The van der Waals surface area contributed by atoms with Crippen molar-refractivity contribution < 1.29 is 0 Å². The lowest BCUT2D eigenvalue weighted by molar-refractivity contribution is 0.686. The van der Waals surface area contributed by atoms with Gasteiger partial charge >= 0.3 is 0 Å². The van der Waals surface area contributed by atoms with E-state index in [9.17, 15) is 0 Å². The molecule has 0 saturated carbocycles. The molecule has 72 valence electrons. The smallest absolute Gasteiger partial charge is 0.205 e. The second kappa shape index (κ2) is 4.46. The fourth-order valence-electron chi connectivity index (χ4n) is 0.944. The van der Waals surface area contributed by atoms with Gasteiger partial charge in [0.15, 0.2) is 0 Å². The van der Waals surface area contributed by atoms with Crippen molar-refractivity contribution in [1.29, 1.82) is 0 Å². The van der Waals surface area contributed by atoms with Crippen LogP contribution in [0.25, 0.3) is 0 Å². The molecule has 1 aromatic heterocycles. The zero-order chi connectivity index (χ0) is 9.68. The molecule has 0 radical (unpaired) electrons. The van der Waals surface area contributed by atoms with Crippen LogP contribution in [-0.2, 0) is 13.6 Å². The van der Waals surface area contributed by atoms with E-state index >= 15 is 0 Å². The van der Waals surface area contributed by atoms with Crippen LogP contribution in [0.1, 0.15) is 5.69 Å². The number of nitrogens with two attached hydrogens (primary N) is 1. The van der Waals surface area contributed by atoms with E-state index in [-0.39, 0.29) is 0 Å². The highest BCUT2D eigenvalue weighted by Crippen LogP contribution is 1.94. The molecule has 13 heavy (non-hydrogen) atoms. The number of hydrogen-bond donors (Lipinski definition) is 3. The zero-order valence-corrected chi connectivity index (χ0v) is 7.78. The van der Waals surface area contributed by atoms with Crippen LogP contribution in [0.4, 0.5) is 0 Å². The summed E-state index contributed by atoms with van der Waals surface area (Å²) in [7, 11) is 3.54. The third-order valence-corrected chi connectivity index (χ3v) is 1.72. The zero-order valence-electron chi connectivity index (χ0n) is 7.78. The average Bonchev–Trinajstić information content (AvgIpc) is 2.54. The molecule has 0 fully saturated rings. The molecule has 0 aliphatic rings. The predicted octanol–water partition coefficient (Wildman–Crippen LogP) is -1.04. The minimum atomic E-state index is 0.557. The van der Waals surface area contributed by atoms with Crippen molar-refractivity contribution >= 4 is 5.96 Å². The maximum absolute atomic E-state index is 5.20. The Morgan fingerprint density at radius 2 is 2.54 bits per heavy atom. The lowest BCUT2D eigenvalue weighted by Gasteiger charge is -2.07. The van der Waals surface area contributed by atoms with Gasteiger partial charge in [0.05, 0.1) is 12.2 Å². The molecule has 0 aliphatic carbocycles. The Morgan fingerprint density at radius 3 is 3.00 bits per heavy atom. The van der Waals surface area contributed by atoms with Gasteiger partial charge in [-0.25, -0.2) is 5.84 Å². The molecule has 0 atom stereocenters. The van der Waals surface area contributed by atoms with Crippen LogP contribution in [0, 0.1) is 0 Å². The molecule has 0 bridgehead atoms. The molecule has 0 spiro atoms. The molecule has 0 unspecified atom stereocenters. The van der Waals surface area contributed by atoms with Gasteiger partial charge in [0.2, 0.25) is 5.96 Å². The SMILES string of the molecule is CN=C(NN)NCc1ccnn1C. The molecule has 0 aliphatic heterocycles. The summed E-state index contributed by atoms with van der Waals surface area (Å²) >= 11 is 0. The predicted molar refractivity (Wildman–Crippen MR) is 50.7 cm³/mol. The van der Waals surface area contributed by atoms with Crippen LogP contribution in [-0.4, -0.2) is 22.8 Å². The van der Waals surface area contributed by atoms with Crippen molar-refractivity contribution in [1.82, 2.24) is 20.5 Å². The van der Waals surface area contributed by atoms with E-state index < -0.39 is 0 Å². The van der Waals surface area contributed by atoms with Crippen molar-refractivity contribution in [3.05, 3.63) is 18.0 Å². The van der Waals surface area contributed by atoms with Gasteiger partial charge in [-0.3, -0.25) is 15.1 Å². The first kappa shape index (κ1) is 9.53. The summed E-state index contributed by atoms with van der Waals surface area (Å²) in [6, 6.07) is 1.93. The van der Waals surface area contributed by atoms with Crippen molar-refractivity contribution in [2.75, 3.05) is 7.05 Å². The minimum Gasteiger partial charge on any atom is -0.350 e. The molecular weight excluding hydrogens is 168 g/mol. The minimum absolute atomic E-state index is 0.557. The molecule has 1 heterocycles. The Bertz CT molecular complexity index is 289. The van der Waals surface area contributed by atoms with Crippen molar-refractivity contribution in [3.8, 4) is 0 Å². The van der Waals surface area contributed by atoms with Gasteiger partial charge in [-0.15, -0.1) is 0 Å². The summed E-state index contributed by atoms with van der Waals surface area (Å²) in [4.78, 5) is 3.88. The van der Waals surface area contributed by atoms with E-state index in [1.54, 1.807) is 17.9 Å². The normalized spacial score (nSPS) is 11.5. The lowest BCUT2D eigenvalue weighted by atomic mass is 10.4. The Balaban J connectivity index is 2.48. The van der Waals surface area contributed by atoms with Gasteiger partial charge in [0, 0.05) is 20.3 Å². The van der Waals surface area contributed by atoms with Gasteiger partial charge in [-0.2, -0.15) is 5.10 Å². The van der Waals surface area contributed by atoms with Gasteiger partial charge in [0.1, 0.15) is 0 Å². The number of hydrazine groups is 1. The van der Waals surface area contributed by atoms with Crippen LogP contribution < -0.4 is 16.6 Å². The highest BCUT2D eigenvalue weighted by molar-refractivity contribution is 5.78. The highest BCUT2D eigenvalue weighted by Gasteiger charge is 1.98. The summed E-state index contributed by atoms with van der Waals surface area (Å²) in [5.74, 6) is 5.75. The van der Waals surface area contributed by atoms with Gasteiger partial charge < -0.3 is 5.32 Å². The van der Waals surface area contributed by atoms with Crippen LogP contribution >= 0.6 is 0 Å². The fourth-order valence-corrected chi connectivity index (χ4v) is 0.944. The summed E-state index contributed by atoms with van der Waals surface area (Å²) in [6.07, 6.45) is 1.75.